The van der Waals surface area contributed by atoms with Crippen molar-refractivity contribution in [2.75, 3.05) is 5.01 Å². The Labute approximate surface area is 138 Å². The molecule has 4 heterocycles. The first kappa shape index (κ1) is 13.0. The molecule has 1 aromatic carbocycles. The molecule has 2 aromatic heterocycles. The van der Waals surface area contributed by atoms with Crippen molar-refractivity contribution in [2.45, 2.75) is 0 Å². The molecular weight excluding hydrogens is 300 g/mol. The second-order valence-electron chi connectivity index (χ2n) is 5.44. The van der Waals surface area contributed by atoms with E-state index in [2.05, 4.69) is 26.3 Å². The van der Waals surface area contributed by atoms with Crippen LogP contribution in [0.3, 0.4) is 0 Å². The summed E-state index contributed by atoms with van der Waals surface area (Å²) in [5.74, 6) is 0.529. The van der Waals surface area contributed by atoms with E-state index in [1.807, 2.05) is 66.1 Å². The molecule has 0 unspecified atom stereocenters. The molecule has 0 atom stereocenters. The highest BCUT2D eigenvalue weighted by molar-refractivity contribution is 5.92. The van der Waals surface area contributed by atoms with Crippen molar-refractivity contribution >= 4 is 22.8 Å². The molecule has 0 amide bonds. The maximum absolute atomic E-state index is 4.72. The summed E-state index contributed by atoms with van der Waals surface area (Å²) in [7, 11) is 0. The molecule has 2 aliphatic heterocycles. The second-order valence-corrected chi connectivity index (χ2v) is 5.44. The van der Waals surface area contributed by atoms with Gasteiger partial charge >= 0.3 is 0 Å². The van der Waals surface area contributed by atoms with Crippen molar-refractivity contribution < 1.29 is 0 Å². The van der Waals surface area contributed by atoms with Crippen LogP contribution in [0, 0.1) is 0 Å². The van der Waals surface area contributed by atoms with Gasteiger partial charge in [0.1, 0.15) is 16.7 Å². The number of hydrazine groups is 1. The number of benzene rings is 1. The van der Waals surface area contributed by atoms with E-state index >= 15 is 0 Å². The fraction of sp³-hybridized carbons (Fsp3) is 0. The van der Waals surface area contributed by atoms with Crippen LogP contribution in [0.15, 0.2) is 67.3 Å². The van der Waals surface area contributed by atoms with E-state index in [4.69, 9.17) is 4.98 Å². The number of fused-ring (bicyclic) bond motifs is 5. The Hall–Kier alpha value is -3.54. The third-order valence-electron chi connectivity index (χ3n) is 4.00. The first-order valence-corrected chi connectivity index (χ1v) is 7.60. The molecule has 0 saturated heterocycles. The average Bonchev–Trinajstić information content (AvgIpc) is 2.67. The lowest BCUT2D eigenvalue weighted by Crippen LogP contribution is -2.34. The van der Waals surface area contributed by atoms with Crippen LogP contribution >= 0.6 is 0 Å². The van der Waals surface area contributed by atoms with E-state index in [0.29, 0.717) is 11.5 Å². The molecule has 0 radical (unpaired) electrons. The SMILES string of the molecule is C1=CN2C=Cc3c(ccc4nnc(-c5ccccn5)nc34)N2C=C1. The van der Waals surface area contributed by atoms with Gasteiger partial charge in [0.2, 0.25) is 5.82 Å². The monoisotopic (exact) mass is 312 g/mol. The number of allylic oxidation sites excluding steroid dienone is 2. The highest BCUT2D eigenvalue weighted by atomic mass is 15.6. The lowest BCUT2D eigenvalue weighted by atomic mass is 10.1. The van der Waals surface area contributed by atoms with Crippen molar-refractivity contribution in [3.8, 4) is 11.5 Å². The highest BCUT2D eigenvalue weighted by Crippen LogP contribution is 2.34. The molecule has 0 spiro atoms. The van der Waals surface area contributed by atoms with Crippen molar-refractivity contribution in [1.82, 2.24) is 25.2 Å². The van der Waals surface area contributed by atoms with Crippen molar-refractivity contribution in [3.05, 3.63) is 72.8 Å². The Morgan fingerprint density at radius 3 is 2.75 bits per heavy atom. The third kappa shape index (κ3) is 1.90. The van der Waals surface area contributed by atoms with Crippen LogP contribution in [-0.2, 0) is 0 Å². The normalized spacial score (nSPS) is 14.8. The summed E-state index contributed by atoms with van der Waals surface area (Å²) in [5, 5.41) is 12.6. The van der Waals surface area contributed by atoms with Gasteiger partial charge < -0.3 is 0 Å². The van der Waals surface area contributed by atoms with Crippen molar-refractivity contribution in [1.29, 1.82) is 0 Å². The van der Waals surface area contributed by atoms with Gasteiger partial charge in [0.05, 0.1) is 5.69 Å². The number of hydrogen-bond acceptors (Lipinski definition) is 6. The summed E-state index contributed by atoms with van der Waals surface area (Å²) >= 11 is 0. The summed E-state index contributed by atoms with van der Waals surface area (Å²) in [6, 6.07) is 9.65. The topological polar surface area (TPSA) is 58.0 Å². The largest absolute Gasteiger partial charge is 0.264 e. The number of pyridine rings is 1. The van der Waals surface area contributed by atoms with Crippen LogP contribution in [0.1, 0.15) is 5.56 Å². The molecule has 0 N–H and O–H groups in total. The zero-order valence-corrected chi connectivity index (χ0v) is 12.6. The Bertz CT molecular complexity index is 1020. The molecule has 0 saturated carbocycles. The minimum absolute atomic E-state index is 0.529. The smallest absolute Gasteiger partial charge is 0.201 e. The van der Waals surface area contributed by atoms with E-state index in [0.717, 1.165) is 22.3 Å². The summed E-state index contributed by atoms with van der Waals surface area (Å²) in [6.07, 6.45) is 13.8. The minimum atomic E-state index is 0.529. The molecular formula is C18H12N6. The predicted octanol–water partition coefficient (Wildman–Crippen LogP) is 3.14. The lowest BCUT2D eigenvalue weighted by Gasteiger charge is -2.36. The van der Waals surface area contributed by atoms with Gasteiger partial charge in [0.15, 0.2) is 0 Å². The number of rotatable bonds is 1. The number of hydrogen-bond donors (Lipinski definition) is 0. The van der Waals surface area contributed by atoms with Crippen LogP contribution in [0.25, 0.3) is 28.6 Å². The van der Waals surface area contributed by atoms with E-state index in [9.17, 15) is 0 Å². The zero-order chi connectivity index (χ0) is 15.9. The fourth-order valence-electron chi connectivity index (χ4n) is 2.88. The molecule has 24 heavy (non-hydrogen) atoms. The second kappa shape index (κ2) is 4.99. The van der Waals surface area contributed by atoms with Gasteiger partial charge in [-0.25, -0.2) is 4.98 Å². The summed E-state index contributed by atoms with van der Waals surface area (Å²) in [4.78, 5) is 9.03. The standard InChI is InChI=1S/C18H12N6/c1-2-9-19-15(5-1)18-20-17-13-8-12-23-10-3-4-11-24(23)16(13)7-6-14(17)21-22-18/h1-12H. The van der Waals surface area contributed by atoms with Gasteiger partial charge in [0, 0.05) is 30.4 Å². The van der Waals surface area contributed by atoms with E-state index < -0.39 is 0 Å². The Morgan fingerprint density at radius 2 is 1.83 bits per heavy atom. The van der Waals surface area contributed by atoms with Crippen LogP contribution in [0.4, 0.5) is 5.69 Å². The Morgan fingerprint density at radius 1 is 0.875 bits per heavy atom. The molecule has 0 fully saturated rings. The number of anilines is 1. The molecule has 0 bridgehead atoms. The quantitative estimate of drug-likeness (QED) is 0.688. The fourth-order valence-corrected chi connectivity index (χ4v) is 2.88. The first-order valence-electron chi connectivity index (χ1n) is 7.60. The van der Waals surface area contributed by atoms with Gasteiger partial charge in [-0.05, 0) is 42.5 Å². The summed E-state index contributed by atoms with van der Waals surface area (Å²) in [5.41, 5.74) is 4.38. The third-order valence-corrected chi connectivity index (χ3v) is 4.00. The molecule has 3 aromatic rings. The lowest BCUT2D eigenvalue weighted by molar-refractivity contribution is 0.505. The van der Waals surface area contributed by atoms with E-state index in [-0.39, 0.29) is 0 Å². The number of nitrogens with zero attached hydrogens (tertiary/aromatic N) is 6. The van der Waals surface area contributed by atoms with Gasteiger partial charge in [-0.1, -0.05) is 6.07 Å². The molecule has 5 rings (SSSR count). The predicted molar refractivity (Wildman–Crippen MR) is 92.2 cm³/mol. The van der Waals surface area contributed by atoms with Crippen LogP contribution in [-0.4, -0.2) is 25.2 Å². The van der Waals surface area contributed by atoms with Crippen molar-refractivity contribution in [3.63, 3.8) is 0 Å². The first-order chi connectivity index (χ1) is 11.9. The highest BCUT2D eigenvalue weighted by Gasteiger charge is 2.21. The van der Waals surface area contributed by atoms with Gasteiger partial charge in [-0.3, -0.25) is 15.0 Å². The zero-order valence-electron chi connectivity index (χ0n) is 12.6. The van der Waals surface area contributed by atoms with Gasteiger partial charge in [-0.2, -0.15) is 0 Å². The molecule has 6 heteroatoms. The summed E-state index contributed by atoms with van der Waals surface area (Å²) < 4.78 is 0. The van der Waals surface area contributed by atoms with E-state index in [1.165, 1.54) is 0 Å². The average molecular weight is 312 g/mol. The summed E-state index contributed by atoms with van der Waals surface area (Å²) in [6.45, 7) is 0. The Balaban J connectivity index is 1.73. The molecule has 114 valence electrons. The van der Waals surface area contributed by atoms with Crippen LogP contribution in [0.5, 0.6) is 0 Å². The molecule has 6 nitrogen and oxygen atoms in total. The molecule has 0 aliphatic carbocycles. The van der Waals surface area contributed by atoms with Gasteiger partial charge in [0.25, 0.3) is 0 Å². The van der Waals surface area contributed by atoms with E-state index in [1.54, 1.807) is 6.20 Å². The maximum atomic E-state index is 4.72. The maximum Gasteiger partial charge on any atom is 0.201 e. The van der Waals surface area contributed by atoms with Crippen LogP contribution in [0.2, 0.25) is 0 Å². The Kier molecular flexibility index (Phi) is 2.69. The number of aromatic nitrogens is 4. The minimum Gasteiger partial charge on any atom is -0.264 e. The van der Waals surface area contributed by atoms with Gasteiger partial charge in [-0.15, -0.1) is 10.2 Å². The van der Waals surface area contributed by atoms with Crippen molar-refractivity contribution in [2.24, 2.45) is 0 Å². The molecule has 2 aliphatic rings. The van der Waals surface area contributed by atoms with Crippen LogP contribution < -0.4 is 5.01 Å².